The Bertz CT molecular complexity index is 201. The van der Waals surface area contributed by atoms with Crippen LogP contribution in [0.5, 0.6) is 0 Å². The molecule has 100 valence electrons. The Morgan fingerprint density at radius 1 is 0.882 bits per heavy atom. The van der Waals surface area contributed by atoms with Crippen molar-refractivity contribution in [1.29, 1.82) is 0 Å². The highest BCUT2D eigenvalue weighted by atomic mass is 15.1. The van der Waals surface area contributed by atoms with E-state index >= 15 is 0 Å². The second-order valence-corrected chi connectivity index (χ2v) is 6.50. The van der Waals surface area contributed by atoms with E-state index in [-0.39, 0.29) is 0 Å². The molecule has 0 aliphatic carbocycles. The summed E-state index contributed by atoms with van der Waals surface area (Å²) in [5.74, 6) is 1.81. The summed E-state index contributed by atoms with van der Waals surface area (Å²) < 4.78 is 0. The van der Waals surface area contributed by atoms with Gasteiger partial charge in [-0.2, -0.15) is 0 Å². The van der Waals surface area contributed by atoms with Gasteiger partial charge in [0.1, 0.15) is 0 Å². The molecule has 0 radical (unpaired) electrons. The van der Waals surface area contributed by atoms with Crippen molar-refractivity contribution in [3.8, 4) is 0 Å². The highest BCUT2D eigenvalue weighted by Gasteiger charge is 2.22. The molecule has 0 aromatic carbocycles. The second kappa shape index (κ2) is 6.75. The van der Waals surface area contributed by atoms with E-state index in [2.05, 4.69) is 23.6 Å². The van der Waals surface area contributed by atoms with E-state index in [4.69, 9.17) is 0 Å². The van der Waals surface area contributed by atoms with E-state index in [0.717, 1.165) is 11.8 Å². The van der Waals surface area contributed by atoms with Crippen LogP contribution in [0.1, 0.15) is 46.0 Å². The fraction of sp³-hybridized carbons (Fsp3) is 1.00. The number of hydrogen-bond acceptors (Lipinski definition) is 2. The maximum absolute atomic E-state index is 2.71. The molecule has 0 spiro atoms. The minimum atomic E-state index is 0.827. The van der Waals surface area contributed by atoms with E-state index < -0.39 is 0 Å². The van der Waals surface area contributed by atoms with Crippen LogP contribution in [0.4, 0.5) is 0 Å². The Morgan fingerprint density at radius 2 is 1.53 bits per heavy atom. The Labute approximate surface area is 107 Å². The Morgan fingerprint density at radius 3 is 2.12 bits per heavy atom. The maximum atomic E-state index is 2.71. The van der Waals surface area contributed by atoms with Gasteiger partial charge in [0.2, 0.25) is 0 Å². The molecule has 0 saturated carbocycles. The number of piperidine rings is 2. The molecule has 2 aliphatic heterocycles. The van der Waals surface area contributed by atoms with Gasteiger partial charge < -0.3 is 9.80 Å². The van der Waals surface area contributed by atoms with Crippen LogP contribution in [0.3, 0.4) is 0 Å². The molecule has 2 rings (SSSR count). The van der Waals surface area contributed by atoms with Gasteiger partial charge in [-0.15, -0.1) is 0 Å². The van der Waals surface area contributed by atoms with Crippen molar-refractivity contribution in [2.24, 2.45) is 11.8 Å². The first-order valence-electron chi connectivity index (χ1n) is 7.69. The highest BCUT2D eigenvalue weighted by Crippen LogP contribution is 2.21. The van der Waals surface area contributed by atoms with Gasteiger partial charge in [-0.3, -0.25) is 0 Å². The lowest BCUT2D eigenvalue weighted by Crippen LogP contribution is -2.41. The molecule has 0 aromatic rings. The van der Waals surface area contributed by atoms with Gasteiger partial charge in [0.05, 0.1) is 0 Å². The zero-order chi connectivity index (χ0) is 12.1. The first-order valence-corrected chi connectivity index (χ1v) is 7.69. The quantitative estimate of drug-likeness (QED) is 0.743. The average Bonchev–Trinajstić information content (AvgIpc) is 2.32. The standard InChI is InChI=1S/C15H30N2/c1-14(2)12-17-10-6-15(7-11-17)13-16-8-4-3-5-9-16/h14-15H,3-13H2,1-2H3. The van der Waals surface area contributed by atoms with Crippen molar-refractivity contribution in [2.75, 3.05) is 39.3 Å². The van der Waals surface area contributed by atoms with Gasteiger partial charge >= 0.3 is 0 Å². The molecule has 2 aliphatic rings. The van der Waals surface area contributed by atoms with E-state index in [1.807, 2.05) is 0 Å². The van der Waals surface area contributed by atoms with Crippen molar-refractivity contribution < 1.29 is 0 Å². The molecule has 0 aromatic heterocycles. The Hall–Kier alpha value is -0.0800. The van der Waals surface area contributed by atoms with Crippen LogP contribution < -0.4 is 0 Å². The number of nitrogens with zero attached hydrogens (tertiary/aromatic N) is 2. The zero-order valence-electron chi connectivity index (χ0n) is 11.8. The van der Waals surface area contributed by atoms with Gasteiger partial charge in [0.15, 0.2) is 0 Å². The van der Waals surface area contributed by atoms with Crippen molar-refractivity contribution in [2.45, 2.75) is 46.0 Å². The van der Waals surface area contributed by atoms with E-state index in [0.29, 0.717) is 0 Å². The molecule has 0 bridgehead atoms. The summed E-state index contributed by atoms with van der Waals surface area (Å²) in [7, 11) is 0. The molecule has 0 N–H and O–H groups in total. The molecular weight excluding hydrogens is 208 g/mol. The van der Waals surface area contributed by atoms with Crippen LogP contribution in [0.15, 0.2) is 0 Å². The van der Waals surface area contributed by atoms with Crippen LogP contribution in [-0.4, -0.2) is 49.1 Å². The normalized spacial score (nSPS) is 25.6. The van der Waals surface area contributed by atoms with Crippen molar-refractivity contribution >= 4 is 0 Å². The molecule has 2 fully saturated rings. The fourth-order valence-corrected chi connectivity index (χ4v) is 3.38. The molecule has 0 amide bonds. The lowest BCUT2D eigenvalue weighted by atomic mass is 9.95. The zero-order valence-corrected chi connectivity index (χ0v) is 11.8. The maximum Gasteiger partial charge on any atom is 0.00106 e. The van der Waals surface area contributed by atoms with Crippen molar-refractivity contribution in [3.63, 3.8) is 0 Å². The predicted molar refractivity (Wildman–Crippen MR) is 74.3 cm³/mol. The molecular formula is C15H30N2. The van der Waals surface area contributed by atoms with Crippen LogP contribution >= 0.6 is 0 Å². The van der Waals surface area contributed by atoms with Crippen molar-refractivity contribution in [1.82, 2.24) is 9.80 Å². The van der Waals surface area contributed by atoms with Crippen LogP contribution in [0.25, 0.3) is 0 Å². The first-order chi connectivity index (χ1) is 8.24. The molecule has 2 saturated heterocycles. The topological polar surface area (TPSA) is 6.48 Å². The summed E-state index contributed by atoms with van der Waals surface area (Å²) >= 11 is 0. The molecule has 17 heavy (non-hydrogen) atoms. The van der Waals surface area contributed by atoms with Gasteiger partial charge in [0.25, 0.3) is 0 Å². The average molecular weight is 238 g/mol. The summed E-state index contributed by atoms with van der Waals surface area (Å²) in [5, 5.41) is 0. The lowest BCUT2D eigenvalue weighted by molar-refractivity contribution is 0.124. The van der Waals surface area contributed by atoms with Gasteiger partial charge in [-0.1, -0.05) is 20.3 Å². The third-order valence-electron chi connectivity index (χ3n) is 4.30. The summed E-state index contributed by atoms with van der Waals surface area (Å²) in [6.45, 7) is 12.8. The molecule has 2 heteroatoms. The van der Waals surface area contributed by atoms with Crippen LogP contribution in [0, 0.1) is 11.8 Å². The Kier molecular flexibility index (Phi) is 5.30. The minimum Gasteiger partial charge on any atom is -0.303 e. The number of likely N-dealkylation sites (tertiary alicyclic amines) is 2. The molecule has 0 atom stereocenters. The van der Waals surface area contributed by atoms with E-state index in [1.165, 1.54) is 71.4 Å². The smallest absolute Gasteiger partial charge is 0.00106 e. The largest absolute Gasteiger partial charge is 0.303 e. The van der Waals surface area contributed by atoms with Gasteiger partial charge in [-0.25, -0.2) is 0 Å². The predicted octanol–water partition coefficient (Wildman–Crippen LogP) is 2.84. The fourth-order valence-electron chi connectivity index (χ4n) is 3.38. The monoisotopic (exact) mass is 238 g/mol. The van der Waals surface area contributed by atoms with E-state index in [9.17, 15) is 0 Å². The number of rotatable bonds is 4. The van der Waals surface area contributed by atoms with Crippen LogP contribution in [0.2, 0.25) is 0 Å². The van der Waals surface area contributed by atoms with Gasteiger partial charge in [0, 0.05) is 13.1 Å². The summed E-state index contributed by atoms with van der Waals surface area (Å²) in [4.78, 5) is 5.38. The minimum absolute atomic E-state index is 0.827. The third kappa shape index (κ3) is 4.59. The van der Waals surface area contributed by atoms with Gasteiger partial charge in [-0.05, 0) is 63.7 Å². The number of hydrogen-bond donors (Lipinski definition) is 0. The van der Waals surface area contributed by atoms with E-state index in [1.54, 1.807) is 0 Å². The highest BCUT2D eigenvalue weighted by molar-refractivity contribution is 4.76. The van der Waals surface area contributed by atoms with Crippen molar-refractivity contribution in [3.05, 3.63) is 0 Å². The molecule has 0 unspecified atom stereocenters. The molecule has 2 heterocycles. The first kappa shape index (κ1) is 13.4. The summed E-state index contributed by atoms with van der Waals surface area (Å²) in [6.07, 6.45) is 7.20. The summed E-state index contributed by atoms with van der Waals surface area (Å²) in [6, 6.07) is 0. The Balaban J connectivity index is 1.64. The lowest BCUT2D eigenvalue weighted by Gasteiger charge is -2.36. The summed E-state index contributed by atoms with van der Waals surface area (Å²) in [5.41, 5.74) is 0. The third-order valence-corrected chi connectivity index (χ3v) is 4.30. The van der Waals surface area contributed by atoms with Crippen LogP contribution in [-0.2, 0) is 0 Å². The second-order valence-electron chi connectivity index (χ2n) is 6.50. The molecule has 2 nitrogen and oxygen atoms in total. The SMILES string of the molecule is CC(C)CN1CCC(CN2CCCCC2)CC1.